The van der Waals surface area contributed by atoms with E-state index in [0.717, 1.165) is 6.07 Å². The lowest BCUT2D eigenvalue weighted by Crippen LogP contribution is -1.92. The topological polar surface area (TPSA) is 22.1 Å². The van der Waals surface area contributed by atoms with Crippen LogP contribution in [0.4, 0.5) is 8.78 Å². The van der Waals surface area contributed by atoms with Gasteiger partial charge in [0.2, 0.25) is 5.88 Å². The molecule has 1 heterocycles. The highest BCUT2D eigenvalue weighted by Crippen LogP contribution is 2.23. The lowest BCUT2D eigenvalue weighted by atomic mass is 10.1. The molecule has 0 fully saturated rings. The Morgan fingerprint density at radius 1 is 1.12 bits per heavy atom. The van der Waals surface area contributed by atoms with Gasteiger partial charge in [0.05, 0.1) is 12.8 Å². The molecule has 0 saturated heterocycles. The summed E-state index contributed by atoms with van der Waals surface area (Å²) in [6, 6.07) is 8.37. The second-order valence-electron chi connectivity index (χ2n) is 3.19. The SMILES string of the molecule is COc1cccc(-c2ccc(F)cc2F)n1. The van der Waals surface area contributed by atoms with Gasteiger partial charge < -0.3 is 4.74 Å². The molecule has 0 N–H and O–H groups in total. The quantitative estimate of drug-likeness (QED) is 0.777. The van der Waals surface area contributed by atoms with Crippen molar-refractivity contribution in [1.82, 2.24) is 4.98 Å². The van der Waals surface area contributed by atoms with Crippen molar-refractivity contribution in [2.24, 2.45) is 0 Å². The van der Waals surface area contributed by atoms with Crippen LogP contribution in [-0.2, 0) is 0 Å². The van der Waals surface area contributed by atoms with Gasteiger partial charge in [-0.25, -0.2) is 13.8 Å². The number of rotatable bonds is 2. The standard InChI is InChI=1S/C12H9F2NO/c1-16-12-4-2-3-11(15-12)9-6-5-8(13)7-10(9)14/h2-7H,1H3. The summed E-state index contributed by atoms with van der Waals surface area (Å²) < 4.78 is 31.1. The van der Waals surface area contributed by atoms with Crippen LogP contribution >= 0.6 is 0 Å². The number of hydrogen-bond donors (Lipinski definition) is 0. The summed E-state index contributed by atoms with van der Waals surface area (Å²) in [7, 11) is 1.48. The minimum atomic E-state index is -0.638. The maximum atomic E-state index is 13.5. The minimum absolute atomic E-state index is 0.250. The van der Waals surface area contributed by atoms with E-state index in [1.165, 1.54) is 19.2 Å². The lowest BCUT2D eigenvalue weighted by molar-refractivity contribution is 0.398. The molecule has 0 amide bonds. The fraction of sp³-hybridized carbons (Fsp3) is 0.0833. The molecule has 16 heavy (non-hydrogen) atoms. The maximum Gasteiger partial charge on any atom is 0.213 e. The van der Waals surface area contributed by atoms with E-state index >= 15 is 0 Å². The van der Waals surface area contributed by atoms with Crippen LogP contribution in [0.1, 0.15) is 0 Å². The van der Waals surface area contributed by atoms with Crippen LogP contribution in [0.15, 0.2) is 36.4 Å². The first kappa shape index (κ1) is 10.5. The molecule has 82 valence electrons. The van der Waals surface area contributed by atoms with Crippen LogP contribution in [0.3, 0.4) is 0 Å². The molecule has 0 unspecified atom stereocenters. The summed E-state index contributed by atoms with van der Waals surface area (Å²) in [5, 5.41) is 0. The first-order valence-corrected chi connectivity index (χ1v) is 4.67. The summed E-state index contributed by atoms with van der Waals surface area (Å²) >= 11 is 0. The third kappa shape index (κ3) is 2.00. The first-order chi connectivity index (χ1) is 7.70. The van der Waals surface area contributed by atoms with Gasteiger partial charge in [-0.2, -0.15) is 0 Å². The molecular weight excluding hydrogens is 212 g/mol. The van der Waals surface area contributed by atoms with Crippen LogP contribution in [0.2, 0.25) is 0 Å². The summed E-state index contributed by atoms with van der Waals surface area (Å²) in [5.41, 5.74) is 0.664. The molecule has 0 spiro atoms. The molecule has 0 aliphatic rings. The lowest BCUT2D eigenvalue weighted by Gasteiger charge is -2.04. The van der Waals surface area contributed by atoms with Gasteiger partial charge in [-0.1, -0.05) is 6.07 Å². The molecule has 0 bridgehead atoms. The van der Waals surface area contributed by atoms with Crippen molar-refractivity contribution in [3.8, 4) is 17.1 Å². The fourth-order valence-electron chi connectivity index (χ4n) is 1.38. The number of hydrogen-bond acceptors (Lipinski definition) is 2. The van der Waals surface area contributed by atoms with Crippen molar-refractivity contribution in [2.75, 3.05) is 7.11 Å². The summed E-state index contributed by atoms with van der Waals surface area (Å²) in [6.45, 7) is 0. The average molecular weight is 221 g/mol. The average Bonchev–Trinajstić information content (AvgIpc) is 2.29. The van der Waals surface area contributed by atoms with Crippen LogP contribution in [0, 0.1) is 11.6 Å². The van der Waals surface area contributed by atoms with Crippen LogP contribution in [-0.4, -0.2) is 12.1 Å². The molecule has 2 aromatic rings. The Morgan fingerprint density at radius 2 is 1.94 bits per heavy atom. The zero-order valence-electron chi connectivity index (χ0n) is 8.58. The molecule has 1 aromatic heterocycles. The number of methoxy groups -OCH3 is 1. The molecule has 0 atom stereocenters. The second-order valence-corrected chi connectivity index (χ2v) is 3.19. The van der Waals surface area contributed by atoms with E-state index in [1.807, 2.05) is 0 Å². The zero-order chi connectivity index (χ0) is 11.5. The highest BCUT2D eigenvalue weighted by atomic mass is 19.1. The minimum Gasteiger partial charge on any atom is -0.481 e. The monoisotopic (exact) mass is 221 g/mol. The van der Waals surface area contributed by atoms with E-state index in [4.69, 9.17) is 4.74 Å². The highest BCUT2D eigenvalue weighted by molar-refractivity contribution is 5.60. The van der Waals surface area contributed by atoms with Crippen molar-refractivity contribution in [2.45, 2.75) is 0 Å². The van der Waals surface area contributed by atoms with Gasteiger partial charge in [-0.05, 0) is 18.2 Å². The van der Waals surface area contributed by atoms with Crippen molar-refractivity contribution >= 4 is 0 Å². The summed E-state index contributed by atoms with van der Waals surface area (Å²) in [4.78, 5) is 4.07. The van der Waals surface area contributed by atoms with Crippen LogP contribution in [0.5, 0.6) is 5.88 Å². The fourth-order valence-corrected chi connectivity index (χ4v) is 1.38. The number of aromatic nitrogens is 1. The van der Waals surface area contributed by atoms with Crippen LogP contribution < -0.4 is 4.74 Å². The molecule has 4 heteroatoms. The predicted octanol–water partition coefficient (Wildman–Crippen LogP) is 3.04. The van der Waals surface area contributed by atoms with Gasteiger partial charge in [-0.15, -0.1) is 0 Å². The molecule has 1 aromatic carbocycles. The van der Waals surface area contributed by atoms with Gasteiger partial charge in [0.1, 0.15) is 11.6 Å². The highest BCUT2D eigenvalue weighted by Gasteiger charge is 2.08. The smallest absolute Gasteiger partial charge is 0.213 e. The predicted molar refractivity (Wildman–Crippen MR) is 56.1 cm³/mol. The molecule has 0 aliphatic heterocycles. The number of benzene rings is 1. The van der Waals surface area contributed by atoms with Gasteiger partial charge in [0.25, 0.3) is 0 Å². The Labute approximate surface area is 91.5 Å². The summed E-state index contributed by atoms with van der Waals surface area (Å²) in [6.07, 6.45) is 0. The van der Waals surface area contributed by atoms with Gasteiger partial charge in [0, 0.05) is 17.7 Å². The Kier molecular flexibility index (Phi) is 2.81. The number of nitrogens with zero attached hydrogens (tertiary/aromatic N) is 1. The molecule has 0 saturated carbocycles. The van der Waals surface area contributed by atoms with Crippen molar-refractivity contribution in [1.29, 1.82) is 0 Å². The van der Waals surface area contributed by atoms with E-state index in [1.54, 1.807) is 18.2 Å². The van der Waals surface area contributed by atoms with Gasteiger partial charge in [-0.3, -0.25) is 0 Å². The van der Waals surface area contributed by atoms with E-state index in [0.29, 0.717) is 11.6 Å². The van der Waals surface area contributed by atoms with Crippen molar-refractivity contribution in [3.05, 3.63) is 48.0 Å². The van der Waals surface area contributed by atoms with Gasteiger partial charge in [0.15, 0.2) is 0 Å². The zero-order valence-corrected chi connectivity index (χ0v) is 8.58. The van der Waals surface area contributed by atoms with E-state index in [-0.39, 0.29) is 5.56 Å². The van der Waals surface area contributed by atoms with Gasteiger partial charge >= 0.3 is 0 Å². The van der Waals surface area contributed by atoms with Crippen molar-refractivity contribution in [3.63, 3.8) is 0 Å². The molecule has 2 rings (SSSR count). The Balaban J connectivity index is 2.49. The van der Waals surface area contributed by atoms with Crippen molar-refractivity contribution < 1.29 is 13.5 Å². The third-order valence-corrected chi connectivity index (χ3v) is 2.14. The molecule has 0 radical (unpaired) electrons. The summed E-state index contributed by atoms with van der Waals surface area (Å²) in [5.74, 6) is -0.855. The second kappa shape index (κ2) is 4.26. The Hall–Kier alpha value is -1.97. The number of halogens is 2. The van der Waals surface area contributed by atoms with E-state index in [9.17, 15) is 8.78 Å². The number of ether oxygens (including phenoxy) is 1. The third-order valence-electron chi connectivity index (χ3n) is 2.14. The number of pyridine rings is 1. The molecular formula is C12H9F2NO. The first-order valence-electron chi connectivity index (χ1n) is 4.67. The Bertz CT molecular complexity index is 514. The van der Waals surface area contributed by atoms with E-state index in [2.05, 4.69) is 4.98 Å². The molecule has 0 aliphatic carbocycles. The largest absolute Gasteiger partial charge is 0.481 e. The normalized spacial score (nSPS) is 10.2. The van der Waals surface area contributed by atoms with E-state index < -0.39 is 11.6 Å². The maximum absolute atomic E-state index is 13.5. The Morgan fingerprint density at radius 3 is 2.62 bits per heavy atom. The molecule has 2 nitrogen and oxygen atoms in total. The van der Waals surface area contributed by atoms with Crippen LogP contribution in [0.25, 0.3) is 11.3 Å².